The fraction of sp³-hybridized carbons (Fsp3) is 0.933. The van der Waals surface area contributed by atoms with Crippen molar-refractivity contribution >= 4 is 24.6 Å². The highest BCUT2D eigenvalue weighted by Gasteiger charge is 2.20. The SMILES string of the molecule is CCCCCCCCC(CCCCCC)C(=O)OCCCCC(=O)OCCC1CCN(CCS)CC1. The number of piperidine rings is 1. The van der Waals surface area contributed by atoms with E-state index in [4.69, 9.17) is 9.47 Å². The molecule has 1 fully saturated rings. The Morgan fingerprint density at radius 3 is 2.06 bits per heavy atom. The van der Waals surface area contributed by atoms with Gasteiger partial charge in [0.25, 0.3) is 0 Å². The number of likely N-dealkylation sites (tertiary alicyclic amines) is 1. The van der Waals surface area contributed by atoms with E-state index < -0.39 is 0 Å². The van der Waals surface area contributed by atoms with Crippen molar-refractivity contribution in [3.05, 3.63) is 0 Å². The first-order valence-electron chi connectivity index (χ1n) is 15.3. The first-order valence-corrected chi connectivity index (χ1v) is 15.9. The van der Waals surface area contributed by atoms with Crippen LogP contribution >= 0.6 is 12.6 Å². The molecule has 0 N–H and O–H groups in total. The lowest BCUT2D eigenvalue weighted by Crippen LogP contribution is -2.35. The summed E-state index contributed by atoms with van der Waals surface area (Å²) in [6, 6.07) is 0. The summed E-state index contributed by atoms with van der Waals surface area (Å²) < 4.78 is 11.1. The van der Waals surface area contributed by atoms with Crippen molar-refractivity contribution in [3.63, 3.8) is 0 Å². The molecule has 0 bridgehead atoms. The first kappa shape index (κ1) is 33.3. The van der Waals surface area contributed by atoms with E-state index in [0.29, 0.717) is 32.0 Å². The molecule has 0 amide bonds. The normalized spacial score (nSPS) is 15.6. The second-order valence-corrected chi connectivity index (χ2v) is 11.2. The molecule has 6 heteroatoms. The highest BCUT2D eigenvalue weighted by molar-refractivity contribution is 7.80. The number of carbonyl (C=O) groups excluding carboxylic acids is 2. The Labute approximate surface area is 228 Å². The molecule has 0 aromatic rings. The Hall–Kier alpha value is -0.750. The Morgan fingerprint density at radius 1 is 0.806 bits per heavy atom. The van der Waals surface area contributed by atoms with Gasteiger partial charge in [-0.3, -0.25) is 9.59 Å². The number of ether oxygens (including phenoxy) is 2. The molecule has 0 aliphatic carbocycles. The van der Waals surface area contributed by atoms with Crippen LogP contribution in [0.5, 0.6) is 0 Å². The van der Waals surface area contributed by atoms with Crippen molar-refractivity contribution in [1.29, 1.82) is 0 Å². The third-order valence-electron chi connectivity index (χ3n) is 7.58. The summed E-state index contributed by atoms with van der Waals surface area (Å²) >= 11 is 4.31. The number of unbranched alkanes of at least 4 members (excludes halogenated alkanes) is 9. The summed E-state index contributed by atoms with van der Waals surface area (Å²) in [6.45, 7) is 8.74. The summed E-state index contributed by atoms with van der Waals surface area (Å²) in [5.74, 6) is 1.48. The maximum absolute atomic E-state index is 12.7. The number of thiol groups is 1. The summed E-state index contributed by atoms with van der Waals surface area (Å²) in [7, 11) is 0. The number of hydrogen-bond acceptors (Lipinski definition) is 6. The second kappa shape index (κ2) is 23.4. The van der Waals surface area contributed by atoms with Gasteiger partial charge in [0.15, 0.2) is 0 Å². The molecule has 0 saturated carbocycles. The quantitative estimate of drug-likeness (QED) is 0.0842. The largest absolute Gasteiger partial charge is 0.466 e. The molecule has 36 heavy (non-hydrogen) atoms. The van der Waals surface area contributed by atoms with Gasteiger partial charge in [0.1, 0.15) is 0 Å². The monoisotopic (exact) mass is 527 g/mol. The molecule has 1 aliphatic heterocycles. The third kappa shape index (κ3) is 17.7. The van der Waals surface area contributed by atoms with Crippen LogP contribution in [-0.2, 0) is 19.1 Å². The van der Waals surface area contributed by atoms with Crippen molar-refractivity contribution in [2.45, 2.75) is 129 Å². The van der Waals surface area contributed by atoms with Gasteiger partial charge in [-0.25, -0.2) is 0 Å². The van der Waals surface area contributed by atoms with E-state index >= 15 is 0 Å². The molecule has 212 valence electrons. The molecular formula is C30H57NO4S. The Kier molecular flexibility index (Phi) is 21.6. The number of rotatable bonds is 23. The van der Waals surface area contributed by atoms with Crippen molar-refractivity contribution in [3.8, 4) is 0 Å². The topological polar surface area (TPSA) is 55.8 Å². The van der Waals surface area contributed by atoms with E-state index in [1.807, 2.05) is 0 Å². The Morgan fingerprint density at radius 2 is 1.42 bits per heavy atom. The molecular weight excluding hydrogens is 470 g/mol. The van der Waals surface area contributed by atoms with Crippen LogP contribution in [0.4, 0.5) is 0 Å². The van der Waals surface area contributed by atoms with Crippen molar-refractivity contribution in [2.75, 3.05) is 38.6 Å². The van der Waals surface area contributed by atoms with Gasteiger partial charge >= 0.3 is 11.9 Å². The molecule has 1 rings (SSSR count). The number of nitrogens with zero attached hydrogens (tertiary/aromatic N) is 1. The summed E-state index contributed by atoms with van der Waals surface area (Å²) in [4.78, 5) is 27.2. The van der Waals surface area contributed by atoms with Crippen LogP contribution in [0.2, 0.25) is 0 Å². The van der Waals surface area contributed by atoms with E-state index in [1.54, 1.807) is 0 Å². The van der Waals surface area contributed by atoms with E-state index in [1.165, 1.54) is 64.2 Å². The van der Waals surface area contributed by atoms with E-state index in [2.05, 4.69) is 31.4 Å². The zero-order valence-electron chi connectivity index (χ0n) is 23.7. The van der Waals surface area contributed by atoms with Gasteiger partial charge in [-0.2, -0.15) is 12.6 Å². The predicted molar refractivity (Wildman–Crippen MR) is 154 cm³/mol. The third-order valence-corrected chi connectivity index (χ3v) is 7.78. The highest BCUT2D eigenvalue weighted by atomic mass is 32.1. The van der Waals surface area contributed by atoms with Crippen molar-refractivity contribution in [2.24, 2.45) is 11.8 Å². The Bertz CT molecular complexity index is 537. The molecule has 1 saturated heterocycles. The number of esters is 2. The molecule has 0 aromatic carbocycles. The zero-order chi connectivity index (χ0) is 26.3. The van der Waals surface area contributed by atoms with Crippen LogP contribution < -0.4 is 0 Å². The first-order chi connectivity index (χ1) is 17.6. The molecule has 5 nitrogen and oxygen atoms in total. The minimum absolute atomic E-state index is 0.0250. The Balaban J connectivity index is 2.13. The lowest BCUT2D eigenvalue weighted by molar-refractivity contribution is -0.149. The molecule has 1 aliphatic rings. The molecule has 0 aromatic heterocycles. The van der Waals surface area contributed by atoms with E-state index in [0.717, 1.165) is 63.9 Å². The molecule has 1 unspecified atom stereocenters. The van der Waals surface area contributed by atoms with Crippen molar-refractivity contribution in [1.82, 2.24) is 4.90 Å². The van der Waals surface area contributed by atoms with Crippen LogP contribution in [0.15, 0.2) is 0 Å². The molecule has 1 heterocycles. The fourth-order valence-electron chi connectivity index (χ4n) is 5.08. The van der Waals surface area contributed by atoms with Gasteiger partial charge in [-0.15, -0.1) is 0 Å². The lowest BCUT2D eigenvalue weighted by atomic mass is 9.94. The summed E-state index contributed by atoms with van der Waals surface area (Å²) in [5.41, 5.74) is 0. The van der Waals surface area contributed by atoms with Gasteiger partial charge < -0.3 is 14.4 Å². The van der Waals surface area contributed by atoms with Gasteiger partial charge in [0.05, 0.1) is 19.1 Å². The van der Waals surface area contributed by atoms with Gasteiger partial charge in [-0.05, 0) is 64.0 Å². The lowest BCUT2D eigenvalue weighted by Gasteiger charge is -2.31. The standard InChI is InChI=1S/C30H57NO4S/c1-3-5-7-9-10-12-16-28(15-11-8-6-4-2)30(33)35-24-14-13-17-29(32)34-25-20-27-18-21-31(22-19-27)23-26-36/h27-28,36H,3-26H2,1-2H3. The maximum Gasteiger partial charge on any atom is 0.308 e. The van der Waals surface area contributed by atoms with Gasteiger partial charge in [0.2, 0.25) is 0 Å². The number of hydrogen-bond donors (Lipinski definition) is 1. The van der Waals surface area contributed by atoms with Crippen LogP contribution in [0.3, 0.4) is 0 Å². The predicted octanol–water partition coefficient (Wildman–Crippen LogP) is 7.61. The van der Waals surface area contributed by atoms with Crippen molar-refractivity contribution < 1.29 is 19.1 Å². The summed E-state index contributed by atoms with van der Waals surface area (Å²) in [6.07, 6.45) is 19.4. The van der Waals surface area contributed by atoms with Crippen LogP contribution in [0.1, 0.15) is 129 Å². The second-order valence-electron chi connectivity index (χ2n) is 10.7. The fourth-order valence-corrected chi connectivity index (χ4v) is 5.37. The van der Waals surface area contributed by atoms with E-state index in [-0.39, 0.29) is 17.9 Å². The minimum atomic E-state index is -0.120. The van der Waals surface area contributed by atoms with Crippen LogP contribution in [0, 0.1) is 11.8 Å². The minimum Gasteiger partial charge on any atom is -0.466 e. The number of carbonyl (C=O) groups is 2. The molecule has 0 radical (unpaired) electrons. The molecule has 0 spiro atoms. The average molecular weight is 528 g/mol. The maximum atomic E-state index is 12.7. The van der Waals surface area contributed by atoms with E-state index in [9.17, 15) is 9.59 Å². The zero-order valence-corrected chi connectivity index (χ0v) is 24.5. The van der Waals surface area contributed by atoms with Crippen LogP contribution in [-0.4, -0.2) is 55.4 Å². The highest BCUT2D eigenvalue weighted by Crippen LogP contribution is 2.22. The summed E-state index contributed by atoms with van der Waals surface area (Å²) in [5, 5.41) is 0. The van der Waals surface area contributed by atoms with Gasteiger partial charge in [-0.1, -0.05) is 78.1 Å². The smallest absolute Gasteiger partial charge is 0.308 e. The van der Waals surface area contributed by atoms with Crippen LogP contribution in [0.25, 0.3) is 0 Å². The van der Waals surface area contributed by atoms with Gasteiger partial charge in [0, 0.05) is 18.7 Å². The molecule has 1 atom stereocenters. The average Bonchev–Trinajstić information content (AvgIpc) is 2.88.